The van der Waals surface area contributed by atoms with Crippen molar-refractivity contribution in [1.29, 1.82) is 0 Å². The lowest BCUT2D eigenvalue weighted by Gasteiger charge is -2.10. The third kappa shape index (κ3) is 3.75. The molecule has 0 radical (unpaired) electrons. The lowest BCUT2D eigenvalue weighted by Crippen LogP contribution is -2.27. The van der Waals surface area contributed by atoms with Gasteiger partial charge in [0, 0.05) is 36.7 Å². The van der Waals surface area contributed by atoms with Crippen LogP contribution in [-0.2, 0) is 6.54 Å². The zero-order chi connectivity index (χ0) is 16.9. The quantitative estimate of drug-likeness (QED) is 0.754. The Morgan fingerprint density at radius 1 is 1.12 bits per heavy atom. The Hall–Kier alpha value is -2.37. The Bertz CT molecular complexity index is 849. The van der Waals surface area contributed by atoms with Crippen LogP contribution in [-0.4, -0.2) is 27.0 Å². The van der Waals surface area contributed by atoms with E-state index < -0.39 is 0 Å². The van der Waals surface area contributed by atoms with Gasteiger partial charge in [-0.1, -0.05) is 29.3 Å². The molecule has 2 heterocycles. The molecule has 3 aromatic rings. The molecule has 0 aliphatic carbocycles. The summed E-state index contributed by atoms with van der Waals surface area (Å²) in [7, 11) is 0. The average molecular weight is 361 g/mol. The first kappa shape index (κ1) is 16.5. The van der Waals surface area contributed by atoms with Gasteiger partial charge in [0.15, 0.2) is 5.82 Å². The summed E-state index contributed by atoms with van der Waals surface area (Å²) in [6, 6.07) is 10.5. The molecule has 0 spiro atoms. The van der Waals surface area contributed by atoms with E-state index in [0.717, 1.165) is 11.5 Å². The number of imidazole rings is 1. The second-order valence-corrected chi connectivity index (χ2v) is 5.88. The smallest absolute Gasteiger partial charge is 0.252 e. The lowest BCUT2D eigenvalue weighted by molar-refractivity contribution is 0.0952. The van der Waals surface area contributed by atoms with Gasteiger partial charge < -0.3 is 9.88 Å². The van der Waals surface area contributed by atoms with Crippen LogP contribution in [0, 0.1) is 0 Å². The number of nitrogens with one attached hydrogen (secondary N) is 1. The maximum atomic E-state index is 12.2. The zero-order valence-corrected chi connectivity index (χ0v) is 14.1. The molecule has 5 nitrogen and oxygen atoms in total. The first-order valence-corrected chi connectivity index (χ1v) is 8.06. The van der Waals surface area contributed by atoms with Crippen LogP contribution in [0.4, 0.5) is 0 Å². The number of pyridine rings is 1. The van der Waals surface area contributed by atoms with Crippen molar-refractivity contribution < 1.29 is 4.79 Å². The van der Waals surface area contributed by atoms with Crippen LogP contribution < -0.4 is 5.32 Å². The fourth-order valence-electron chi connectivity index (χ4n) is 2.27. The van der Waals surface area contributed by atoms with E-state index in [9.17, 15) is 4.79 Å². The number of nitrogens with zero attached hydrogens (tertiary/aromatic N) is 3. The predicted octanol–water partition coefficient (Wildman–Crippen LogP) is 3.68. The van der Waals surface area contributed by atoms with Gasteiger partial charge in [0.2, 0.25) is 0 Å². The van der Waals surface area contributed by atoms with E-state index in [1.165, 1.54) is 0 Å². The number of benzene rings is 1. The molecule has 0 saturated heterocycles. The number of carbonyl (C=O) groups excluding carboxylic acids is 1. The number of aromatic nitrogens is 3. The van der Waals surface area contributed by atoms with Crippen molar-refractivity contribution in [2.45, 2.75) is 6.54 Å². The topological polar surface area (TPSA) is 59.8 Å². The molecule has 0 fully saturated rings. The van der Waals surface area contributed by atoms with Crippen LogP contribution in [0.5, 0.6) is 0 Å². The van der Waals surface area contributed by atoms with Crippen LogP contribution >= 0.6 is 23.2 Å². The molecule has 122 valence electrons. The van der Waals surface area contributed by atoms with Crippen LogP contribution in [0.15, 0.2) is 55.0 Å². The highest BCUT2D eigenvalue weighted by atomic mass is 35.5. The van der Waals surface area contributed by atoms with Gasteiger partial charge in [-0.25, -0.2) is 4.98 Å². The molecule has 2 aromatic heterocycles. The molecule has 7 heteroatoms. The summed E-state index contributed by atoms with van der Waals surface area (Å²) in [4.78, 5) is 20.8. The fraction of sp³-hybridized carbons (Fsp3) is 0.118. The van der Waals surface area contributed by atoms with Gasteiger partial charge in [0.25, 0.3) is 5.91 Å². The van der Waals surface area contributed by atoms with Crippen molar-refractivity contribution in [3.63, 3.8) is 0 Å². The summed E-state index contributed by atoms with van der Waals surface area (Å²) in [5.41, 5.74) is 1.14. The number of carbonyl (C=O) groups is 1. The fourth-order valence-corrected chi connectivity index (χ4v) is 2.65. The van der Waals surface area contributed by atoms with Crippen LogP contribution in [0.1, 0.15) is 10.4 Å². The molecule has 1 aromatic carbocycles. The summed E-state index contributed by atoms with van der Waals surface area (Å²) in [5.74, 6) is 0.493. The molecule has 0 atom stereocenters. The first-order chi connectivity index (χ1) is 11.6. The van der Waals surface area contributed by atoms with Gasteiger partial charge in [-0.05, 0) is 30.3 Å². The van der Waals surface area contributed by atoms with Crippen molar-refractivity contribution in [3.8, 4) is 11.5 Å². The Morgan fingerprint density at radius 3 is 2.79 bits per heavy atom. The molecular formula is C17H14Cl2N4O. The third-order valence-electron chi connectivity index (χ3n) is 3.42. The summed E-state index contributed by atoms with van der Waals surface area (Å²) in [6.45, 7) is 0.994. The highest BCUT2D eigenvalue weighted by Gasteiger charge is 2.11. The highest BCUT2D eigenvalue weighted by Crippen LogP contribution is 2.20. The molecule has 24 heavy (non-hydrogen) atoms. The Balaban J connectivity index is 1.64. The van der Waals surface area contributed by atoms with E-state index in [-0.39, 0.29) is 5.91 Å². The van der Waals surface area contributed by atoms with Gasteiger partial charge in [-0.15, -0.1) is 0 Å². The Labute approximate surface area is 149 Å². The normalized spacial score (nSPS) is 10.6. The molecule has 0 aliphatic heterocycles. The van der Waals surface area contributed by atoms with E-state index in [4.69, 9.17) is 23.2 Å². The summed E-state index contributed by atoms with van der Waals surface area (Å²) < 4.78 is 1.93. The third-order valence-corrected chi connectivity index (χ3v) is 3.99. The molecule has 0 aliphatic rings. The second kappa shape index (κ2) is 7.47. The SMILES string of the molecule is O=C(NCCn1ccnc1-c1ccccn1)c1cc(Cl)ccc1Cl. The molecule has 0 bridgehead atoms. The molecule has 0 saturated carbocycles. The molecule has 3 rings (SSSR count). The first-order valence-electron chi connectivity index (χ1n) is 7.31. The monoisotopic (exact) mass is 360 g/mol. The Kier molecular flexibility index (Phi) is 5.13. The van der Waals surface area contributed by atoms with Gasteiger partial charge in [0.1, 0.15) is 5.69 Å². The summed E-state index contributed by atoms with van der Waals surface area (Å²) in [6.07, 6.45) is 5.28. The van der Waals surface area contributed by atoms with Crippen LogP contribution in [0.3, 0.4) is 0 Å². The Morgan fingerprint density at radius 2 is 2.00 bits per heavy atom. The minimum atomic E-state index is -0.262. The van der Waals surface area contributed by atoms with Crippen molar-refractivity contribution in [2.75, 3.05) is 6.54 Å². The lowest BCUT2D eigenvalue weighted by atomic mass is 10.2. The van der Waals surface area contributed by atoms with Crippen molar-refractivity contribution in [1.82, 2.24) is 19.9 Å². The average Bonchev–Trinajstić information content (AvgIpc) is 3.06. The molecular weight excluding hydrogens is 347 g/mol. The zero-order valence-electron chi connectivity index (χ0n) is 12.6. The number of halogens is 2. The predicted molar refractivity (Wildman–Crippen MR) is 94.3 cm³/mol. The van der Waals surface area contributed by atoms with Crippen molar-refractivity contribution >= 4 is 29.1 Å². The minimum Gasteiger partial charge on any atom is -0.350 e. The van der Waals surface area contributed by atoms with Gasteiger partial charge in [-0.2, -0.15) is 0 Å². The number of rotatable bonds is 5. The van der Waals surface area contributed by atoms with E-state index in [1.807, 2.05) is 29.0 Å². The standard InChI is InChI=1S/C17H14Cl2N4O/c18-12-4-5-14(19)13(11-12)17(24)22-8-10-23-9-7-21-16(23)15-3-1-2-6-20-15/h1-7,9,11H,8,10H2,(H,22,24). The van der Waals surface area contributed by atoms with Crippen LogP contribution in [0.2, 0.25) is 10.0 Å². The summed E-state index contributed by atoms with van der Waals surface area (Å²) in [5, 5.41) is 3.67. The van der Waals surface area contributed by atoms with E-state index >= 15 is 0 Å². The van der Waals surface area contributed by atoms with E-state index in [0.29, 0.717) is 28.7 Å². The van der Waals surface area contributed by atoms with E-state index in [2.05, 4.69) is 15.3 Å². The maximum absolute atomic E-state index is 12.2. The van der Waals surface area contributed by atoms with E-state index in [1.54, 1.807) is 30.6 Å². The molecule has 1 amide bonds. The van der Waals surface area contributed by atoms with Gasteiger partial charge in [0.05, 0.1) is 10.6 Å². The number of amides is 1. The molecule has 0 unspecified atom stereocenters. The minimum absolute atomic E-state index is 0.262. The van der Waals surface area contributed by atoms with Gasteiger partial charge in [-0.3, -0.25) is 9.78 Å². The van der Waals surface area contributed by atoms with Crippen LogP contribution in [0.25, 0.3) is 11.5 Å². The number of hydrogen-bond acceptors (Lipinski definition) is 3. The largest absolute Gasteiger partial charge is 0.350 e. The van der Waals surface area contributed by atoms with Gasteiger partial charge >= 0.3 is 0 Å². The second-order valence-electron chi connectivity index (χ2n) is 5.04. The highest BCUT2D eigenvalue weighted by molar-refractivity contribution is 6.35. The maximum Gasteiger partial charge on any atom is 0.252 e. The molecule has 1 N–H and O–H groups in total. The van der Waals surface area contributed by atoms with Crippen molar-refractivity contribution in [2.24, 2.45) is 0 Å². The van der Waals surface area contributed by atoms with Crippen molar-refractivity contribution in [3.05, 3.63) is 70.6 Å². The number of hydrogen-bond donors (Lipinski definition) is 1. The summed E-state index contributed by atoms with van der Waals surface area (Å²) >= 11 is 11.9.